The highest BCUT2D eigenvalue weighted by Gasteiger charge is 2.39. The van der Waals surface area contributed by atoms with E-state index in [4.69, 9.17) is 5.11 Å². The molecule has 2 atom stereocenters. The van der Waals surface area contributed by atoms with Crippen molar-refractivity contribution in [3.63, 3.8) is 0 Å². The lowest BCUT2D eigenvalue weighted by atomic mass is 10.1. The van der Waals surface area contributed by atoms with Gasteiger partial charge in [0.15, 0.2) is 0 Å². The number of aromatic nitrogens is 1. The van der Waals surface area contributed by atoms with Gasteiger partial charge in [0.2, 0.25) is 0 Å². The van der Waals surface area contributed by atoms with Crippen molar-refractivity contribution >= 4 is 11.9 Å². The fourth-order valence-electron chi connectivity index (χ4n) is 2.14. The number of carboxylic acid groups (broad SMARTS) is 1. The Morgan fingerprint density at radius 2 is 2.22 bits per heavy atom. The highest BCUT2D eigenvalue weighted by Crippen LogP contribution is 2.21. The van der Waals surface area contributed by atoms with Crippen LogP contribution in [0, 0.1) is 6.92 Å². The van der Waals surface area contributed by atoms with Gasteiger partial charge in [0.1, 0.15) is 6.04 Å². The van der Waals surface area contributed by atoms with Gasteiger partial charge >= 0.3 is 5.97 Å². The number of hydrogen-bond acceptors (Lipinski definition) is 4. The summed E-state index contributed by atoms with van der Waals surface area (Å²) in [5.74, 6) is -1.49. The molecule has 2 rings (SSSR count). The van der Waals surface area contributed by atoms with Gasteiger partial charge in [-0.05, 0) is 19.1 Å². The van der Waals surface area contributed by atoms with Crippen LogP contribution in [-0.2, 0) is 4.79 Å². The van der Waals surface area contributed by atoms with Crippen molar-refractivity contribution in [3.05, 3.63) is 29.6 Å². The second kappa shape index (κ2) is 4.73. The number of carbonyl (C=O) groups is 2. The van der Waals surface area contributed by atoms with Crippen LogP contribution < -0.4 is 0 Å². The molecule has 1 saturated heterocycles. The largest absolute Gasteiger partial charge is 0.480 e. The lowest BCUT2D eigenvalue weighted by Crippen LogP contribution is -2.40. The van der Waals surface area contributed by atoms with Crippen LogP contribution in [0.4, 0.5) is 0 Å². The number of hydrogen-bond donors (Lipinski definition) is 2. The van der Waals surface area contributed by atoms with Crippen LogP contribution in [0.5, 0.6) is 0 Å². The zero-order chi connectivity index (χ0) is 13.3. The summed E-state index contributed by atoms with van der Waals surface area (Å²) in [4.78, 5) is 28.5. The van der Waals surface area contributed by atoms with E-state index >= 15 is 0 Å². The van der Waals surface area contributed by atoms with Crippen LogP contribution >= 0.6 is 0 Å². The molecule has 0 spiro atoms. The third-order valence-electron chi connectivity index (χ3n) is 3.06. The average Bonchev–Trinajstić information content (AvgIpc) is 2.71. The van der Waals surface area contributed by atoms with E-state index in [9.17, 15) is 14.7 Å². The minimum absolute atomic E-state index is 0.0458. The molecule has 18 heavy (non-hydrogen) atoms. The van der Waals surface area contributed by atoms with Gasteiger partial charge in [-0.1, -0.05) is 0 Å². The topological polar surface area (TPSA) is 90.7 Å². The van der Waals surface area contributed by atoms with E-state index < -0.39 is 24.0 Å². The van der Waals surface area contributed by atoms with Gasteiger partial charge in [0, 0.05) is 24.9 Å². The van der Waals surface area contributed by atoms with Gasteiger partial charge in [-0.2, -0.15) is 0 Å². The molecule has 0 radical (unpaired) electrons. The van der Waals surface area contributed by atoms with Crippen molar-refractivity contribution < 1.29 is 19.8 Å². The predicted molar refractivity (Wildman–Crippen MR) is 62.1 cm³/mol. The van der Waals surface area contributed by atoms with E-state index in [1.165, 1.54) is 4.90 Å². The van der Waals surface area contributed by atoms with E-state index in [0.717, 1.165) is 0 Å². The van der Waals surface area contributed by atoms with E-state index in [-0.39, 0.29) is 13.0 Å². The molecular weight excluding hydrogens is 236 g/mol. The molecule has 1 amide bonds. The lowest BCUT2D eigenvalue weighted by molar-refractivity contribution is -0.141. The fourth-order valence-corrected chi connectivity index (χ4v) is 2.14. The van der Waals surface area contributed by atoms with Crippen LogP contribution in [-0.4, -0.2) is 50.7 Å². The number of rotatable bonds is 2. The Hall–Kier alpha value is -1.95. The first-order chi connectivity index (χ1) is 8.50. The Morgan fingerprint density at radius 3 is 2.83 bits per heavy atom. The minimum Gasteiger partial charge on any atom is -0.480 e. The van der Waals surface area contributed by atoms with Gasteiger partial charge in [-0.15, -0.1) is 0 Å². The number of nitrogens with zero attached hydrogens (tertiary/aromatic N) is 2. The maximum Gasteiger partial charge on any atom is 0.326 e. The molecule has 1 aliphatic heterocycles. The summed E-state index contributed by atoms with van der Waals surface area (Å²) in [6, 6.07) is 2.27. The molecule has 0 saturated carbocycles. The summed E-state index contributed by atoms with van der Waals surface area (Å²) in [6.45, 7) is 1.74. The Morgan fingerprint density at radius 1 is 1.50 bits per heavy atom. The number of aliphatic hydroxyl groups is 1. The van der Waals surface area contributed by atoms with Crippen LogP contribution in [0.3, 0.4) is 0 Å². The number of amides is 1. The summed E-state index contributed by atoms with van der Waals surface area (Å²) in [5, 5.41) is 18.6. The summed E-state index contributed by atoms with van der Waals surface area (Å²) < 4.78 is 0. The third kappa shape index (κ3) is 2.19. The minimum atomic E-state index is -1.10. The van der Waals surface area contributed by atoms with Crippen LogP contribution in [0.1, 0.15) is 22.5 Å². The molecule has 2 N–H and O–H groups in total. The van der Waals surface area contributed by atoms with E-state index in [0.29, 0.717) is 11.3 Å². The second-order valence-corrected chi connectivity index (χ2v) is 4.34. The van der Waals surface area contributed by atoms with Crippen LogP contribution in [0.2, 0.25) is 0 Å². The molecule has 0 unspecified atom stereocenters. The first-order valence-electron chi connectivity index (χ1n) is 5.64. The van der Waals surface area contributed by atoms with Crippen molar-refractivity contribution in [2.24, 2.45) is 0 Å². The summed E-state index contributed by atoms with van der Waals surface area (Å²) in [5.41, 5.74) is 0.922. The molecular formula is C12H14N2O4. The third-order valence-corrected chi connectivity index (χ3v) is 3.06. The van der Waals surface area contributed by atoms with Crippen LogP contribution in [0.25, 0.3) is 0 Å². The number of aryl methyl sites for hydroxylation is 1. The molecule has 96 valence electrons. The van der Waals surface area contributed by atoms with Gasteiger partial charge in [0.25, 0.3) is 5.91 Å². The predicted octanol–water partition coefficient (Wildman–Crippen LogP) is 0.0500. The highest BCUT2D eigenvalue weighted by molar-refractivity contribution is 5.97. The Bertz CT molecular complexity index is 489. The number of carboxylic acids is 1. The smallest absolute Gasteiger partial charge is 0.326 e. The normalized spacial score (nSPS) is 23.1. The molecule has 1 aromatic rings. The first-order valence-corrected chi connectivity index (χ1v) is 5.64. The number of aliphatic hydroxyl groups excluding tert-OH is 1. The number of likely N-dealkylation sites (tertiary alicyclic amines) is 1. The van der Waals surface area contributed by atoms with Crippen LogP contribution in [0.15, 0.2) is 18.3 Å². The summed E-state index contributed by atoms with van der Waals surface area (Å²) in [7, 11) is 0. The van der Waals surface area contributed by atoms with Crippen molar-refractivity contribution in [2.45, 2.75) is 25.5 Å². The molecule has 6 heteroatoms. The molecule has 0 aliphatic carbocycles. The molecule has 1 fully saturated rings. The second-order valence-electron chi connectivity index (χ2n) is 4.34. The zero-order valence-corrected chi connectivity index (χ0v) is 9.91. The molecule has 0 aromatic carbocycles. The Labute approximate surface area is 104 Å². The average molecular weight is 250 g/mol. The van der Waals surface area contributed by atoms with Gasteiger partial charge in [0.05, 0.1) is 11.7 Å². The van der Waals surface area contributed by atoms with E-state index in [2.05, 4.69) is 4.98 Å². The molecule has 0 bridgehead atoms. The number of pyridine rings is 1. The first kappa shape index (κ1) is 12.5. The number of aliphatic carboxylic acids is 1. The van der Waals surface area contributed by atoms with Crippen molar-refractivity contribution in [2.75, 3.05) is 6.54 Å². The maximum absolute atomic E-state index is 12.2. The summed E-state index contributed by atoms with van der Waals surface area (Å²) in [6.07, 6.45) is 0.854. The molecule has 6 nitrogen and oxygen atoms in total. The maximum atomic E-state index is 12.2. The zero-order valence-electron chi connectivity index (χ0n) is 9.91. The van der Waals surface area contributed by atoms with Gasteiger partial charge < -0.3 is 15.1 Å². The molecule has 1 aliphatic rings. The summed E-state index contributed by atoms with van der Waals surface area (Å²) >= 11 is 0. The fraction of sp³-hybridized carbons (Fsp3) is 0.417. The van der Waals surface area contributed by atoms with Crippen molar-refractivity contribution in [1.29, 1.82) is 0 Å². The number of β-amino-alcohol motifs (C(OH)–C–C–N with tert-alkyl or cyclic N) is 1. The van der Waals surface area contributed by atoms with Gasteiger partial charge in [-0.25, -0.2) is 4.79 Å². The van der Waals surface area contributed by atoms with Crippen molar-refractivity contribution in [3.8, 4) is 0 Å². The highest BCUT2D eigenvalue weighted by atomic mass is 16.4. The molecule has 1 aromatic heterocycles. The Balaban J connectivity index is 2.28. The number of carbonyl (C=O) groups excluding carboxylic acids is 1. The van der Waals surface area contributed by atoms with Crippen molar-refractivity contribution in [1.82, 2.24) is 9.88 Å². The quantitative estimate of drug-likeness (QED) is 0.774. The van der Waals surface area contributed by atoms with E-state index in [1.807, 2.05) is 0 Å². The van der Waals surface area contributed by atoms with Gasteiger partial charge in [-0.3, -0.25) is 9.78 Å². The standard InChI is InChI=1S/C12H14N2O4/c1-7-9(3-2-4-13-7)11(16)14-6-8(15)5-10(14)12(17)18/h2-4,8,10,15H,5-6H2,1H3,(H,17,18)/t8-,10-/m1/s1. The van der Waals surface area contributed by atoms with E-state index in [1.54, 1.807) is 25.3 Å². The SMILES string of the molecule is Cc1ncccc1C(=O)N1C[C@H](O)C[C@@H]1C(=O)O. The lowest BCUT2D eigenvalue weighted by Gasteiger charge is -2.21. The Kier molecular flexibility index (Phi) is 3.29. The molecule has 2 heterocycles. The monoisotopic (exact) mass is 250 g/mol.